The molecule has 0 unspecified atom stereocenters. The minimum atomic E-state index is 0.0217. The average molecular weight is 308 g/mol. The second kappa shape index (κ2) is 6.24. The Labute approximate surface area is 135 Å². The predicted molar refractivity (Wildman–Crippen MR) is 91.6 cm³/mol. The van der Waals surface area contributed by atoms with E-state index in [0.717, 1.165) is 27.9 Å². The van der Waals surface area contributed by atoms with Crippen molar-refractivity contribution >= 4 is 22.7 Å². The number of nitrogens with one attached hydrogen (secondary N) is 1. The molecule has 118 valence electrons. The van der Waals surface area contributed by atoms with Crippen LogP contribution < -0.4 is 5.32 Å². The van der Waals surface area contributed by atoms with Gasteiger partial charge in [-0.05, 0) is 49.6 Å². The fourth-order valence-electron chi connectivity index (χ4n) is 2.67. The highest BCUT2D eigenvalue weighted by molar-refractivity contribution is 5.91. The van der Waals surface area contributed by atoms with Crippen LogP contribution in [-0.2, 0) is 11.2 Å². The summed E-state index contributed by atoms with van der Waals surface area (Å²) in [6.45, 7) is 5.88. The van der Waals surface area contributed by atoms with Crippen molar-refractivity contribution in [2.24, 2.45) is 0 Å². The van der Waals surface area contributed by atoms with E-state index in [1.807, 2.05) is 51.1 Å². The third kappa shape index (κ3) is 3.59. The zero-order valence-corrected chi connectivity index (χ0v) is 13.6. The van der Waals surface area contributed by atoms with E-state index in [-0.39, 0.29) is 5.91 Å². The first-order valence-corrected chi connectivity index (χ1v) is 7.74. The number of amides is 1. The third-order valence-corrected chi connectivity index (χ3v) is 3.86. The highest BCUT2D eigenvalue weighted by Crippen LogP contribution is 2.19. The lowest BCUT2D eigenvalue weighted by molar-refractivity contribution is -0.116. The second-order valence-electron chi connectivity index (χ2n) is 5.90. The lowest BCUT2D eigenvalue weighted by Gasteiger charge is -2.09. The van der Waals surface area contributed by atoms with Crippen LogP contribution in [-0.4, -0.2) is 10.9 Å². The van der Waals surface area contributed by atoms with E-state index in [1.165, 1.54) is 5.56 Å². The number of fused-ring (bicyclic) bond motifs is 1. The monoisotopic (exact) mass is 308 g/mol. The van der Waals surface area contributed by atoms with E-state index in [4.69, 9.17) is 4.42 Å². The molecule has 1 heterocycles. The summed E-state index contributed by atoms with van der Waals surface area (Å²) >= 11 is 0. The van der Waals surface area contributed by atoms with Gasteiger partial charge in [-0.25, -0.2) is 4.98 Å². The second-order valence-corrected chi connectivity index (χ2v) is 5.90. The highest BCUT2D eigenvalue weighted by atomic mass is 16.3. The summed E-state index contributed by atoms with van der Waals surface area (Å²) in [5.41, 5.74) is 5.86. The van der Waals surface area contributed by atoms with Crippen molar-refractivity contribution in [2.45, 2.75) is 33.6 Å². The van der Waals surface area contributed by atoms with Crippen LogP contribution in [0.3, 0.4) is 0 Å². The maximum absolute atomic E-state index is 12.1. The number of oxazole rings is 1. The van der Waals surface area contributed by atoms with Crippen LogP contribution in [0.5, 0.6) is 0 Å². The van der Waals surface area contributed by atoms with Gasteiger partial charge in [0.15, 0.2) is 11.5 Å². The molecule has 0 bridgehead atoms. The van der Waals surface area contributed by atoms with Crippen LogP contribution in [0.2, 0.25) is 0 Å². The molecule has 0 aliphatic heterocycles. The van der Waals surface area contributed by atoms with Crippen molar-refractivity contribution in [3.63, 3.8) is 0 Å². The van der Waals surface area contributed by atoms with Crippen LogP contribution >= 0.6 is 0 Å². The van der Waals surface area contributed by atoms with Gasteiger partial charge in [0, 0.05) is 19.0 Å². The van der Waals surface area contributed by atoms with E-state index < -0.39 is 0 Å². The van der Waals surface area contributed by atoms with Crippen molar-refractivity contribution in [3.8, 4) is 0 Å². The Hall–Kier alpha value is -2.62. The predicted octanol–water partition coefficient (Wildman–Crippen LogP) is 4.32. The van der Waals surface area contributed by atoms with Gasteiger partial charge in [-0.3, -0.25) is 4.79 Å². The Kier molecular flexibility index (Phi) is 4.15. The number of benzene rings is 2. The molecule has 2 aromatic carbocycles. The Morgan fingerprint density at radius 1 is 1.13 bits per heavy atom. The van der Waals surface area contributed by atoms with Crippen molar-refractivity contribution in [3.05, 3.63) is 59.0 Å². The van der Waals surface area contributed by atoms with Gasteiger partial charge in [0.05, 0.1) is 0 Å². The number of rotatable bonds is 4. The highest BCUT2D eigenvalue weighted by Gasteiger charge is 2.07. The van der Waals surface area contributed by atoms with Crippen LogP contribution in [0.25, 0.3) is 11.1 Å². The van der Waals surface area contributed by atoms with Crippen molar-refractivity contribution in [2.75, 3.05) is 5.32 Å². The summed E-state index contributed by atoms with van der Waals surface area (Å²) in [6.07, 6.45) is 1.12. The summed E-state index contributed by atoms with van der Waals surface area (Å²) in [6, 6.07) is 11.9. The molecule has 4 nitrogen and oxygen atoms in total. The van der Waals surface area contributed by atoms with Crippen LogP contribution in [0.1, 0.15) is 29.0 Å². The molecule has 0 fully saturated rings. The van der Waals surface area contributed by atoms with E-state index in [1.54, 1.807) is 0 Å². The Balaban J connectivity index is 1.63. The first kappa shape index (κ1) is 15.3. The summed E-state index contributed by atoms with van der Waals surface area (Å²) in [5, 5.41) is 2.98. The Bertz CT molecular complexity index is 865. The number of hydrogen-bond donors (Lipinski definition) is 1. The van der Waals surface area contributed by atoms with Crippen LogP contribution in [0.4, 0.5) is 5.69 Å². The quantitative estimate of drug-likeness (QED) is 0.780. The largest absolute Gasteiger partial charge is 0.441 e. The molecule has 3 aromatic rings. The third-order valence-electron chi connectivity index (χ3n) is 3.86. The number of carbonyl (C=O) groups excluding carboxylic acids is 1. The molecule has 1 aromatic heterocycles. The maximum Gasteiger partial charge on any atom is 0.224 e. The fourth-order valence-corrected chi connectivity index (χ4v) is 2.67. The van der Waals surface area contributed by atoms with Gasteiger partial charge >= 0.3 is 0 Å². The molecular weight excluding hydrogens is 288 g/mol. The van der Waals surface area contributed by atoms with Gasteiger partial charge in [0.2, 0.25) is 5.91 Å². The minimum absolute atomic E-state index is 0.0217. The molecule has 0 saturated carbocycles. The number of aryl methyl sites for hydroxylation is 4. The number of carbonyl (C=O) groups is 1. The molecule has 0 radical (unpaired) electrons. The molecule has 0 spiro atoms. The van der Waals surface area contributed by atoms with Gasteiger partial charge in [-0.1, -0.05) is 23.8 Å². The van der Waals surface area contributed by atoms with E-state index in [0.29, 0.717) is 18.7 Å². The average Bonchev–Trinajstić information content (AvgIpc) is 2.87. The fraction of sp³-hybridized carbons (Fsp3) is 0.263. The SMILES string of the molecule is Cc1ccc(NC(=O)CCc2ccc3oc(C)nc3c2)c(C)c1. The summed E-state index contributed by atoms with van der Waals surface area (Å²) in [7, 11) is 0. The first-order valence-electron chi connectivity index (χ1n) is 7.74. The molecule has 3 rings (SSSR count). The van der Waals surface area contributed by atoms with Crippen molar-refractivity contribution in [1.82, 2.24) is 4.98 Å². The summed E-state index contributed by atoms with van der Waals surface area (Å²) < 4.78 is 5.46. The Morgan fingerprint density at radius 2 is 1.96 bits per heavy atom. The number of hydrogen-bond acceptors (Lipinski definition) is 3. The van der Waals surface area contributed by atoms with E-state index in [2.05, 4.69) is 16.4 Å². The molecule has 0 aliphatic rings. The van der Waals surface area contributed by atoms with Crippen molar-refractivity contribution < 1.29 is 9.21 Å². The number of anilines is 1. The van der Waals surface area contributed by atoms with E-state index >= 15 is 0 Å². The topological polar surface area (TPSA) is 55.1 Å². The zero-order valence-electron chi connectivity index (χ0n) is 13.6. The molecule has 1 N–H and O–H groups in total. The van der Waals surface area contributed by atoms with E-state index in [9.17, 15) is 4.79 Å². The van der Waals surface area contributed by atoms with Gasteiger partial charge in [0.1, 0.15) is 5.52 Å². The van der Waals surface area contributed by atoms with Crippen molar-refractivity contribution in [1.29, 1.82) is 0 Å². The standard InChI is InChI=1S/C19H20N2O2/c1-12-4-7-16(13(2)10-12)21-19(22)9-6-15-5-8-18-17(11-15)20-14(3)23-18/h4-5,7-8,10-11H,6,9H2,1-3H3,(H,21,22). The number of nitrogens with zero attached hydrogens (tertiary/aromatic N) is 1. The summed E-state index contributed by atoms with van der Waals surface area (Å²) in [4.78, 5) is 16.5. The molecule has 0 aliphatic carbocycles. The lowest BCUT2D eigenvalue weighted by Crippen LogP contribution is -2.13. The lowest BCUT2D eigenvalue weighted by atomic mass is 10.1. The first-order chi connectivity index (χ1) is 11.0. The molecule has 4 heteroatoms. The van der Waals surface area contributed by atoms with Gasteiger partial charge in [-0.15, -0.1) is 0 Å². The minimum Gasteiger partial charge on any atom is -0.441 e. The van der Waals surface area contributed by atoms with Crippen LogP contribution in [0.15, 0.2) is 40.8 Å². The molecule has 0 saturated heterocycles. The Morgan fingerprint density at radius 3 is 2.74 bits per heavy atom. The molecule has 1 amide bonds. The maximum atomic E-state index is 12.1. The van der Waals surface area contributed by atoms with Crippen LogP contribution in [0, 0.1) is 20.8 Å². The number of aromatic nitrogens is 1. The summed E-state index contributed by atoms with van der Waals surface area (Å²) in [5.74, 6) is 0.679. The molecule has 0 atom stereocenters. The van der Waals surface area contributed by atoms with Gasteiger partial charge in [-0.2, -0.15) is 0 Å². The molecular formula is C19H20N2O2. The van der Waals surface area contributed by atoms with Gasteiger partial charge in [0.25, 0.3) is 0 Å². The zero-order chi connectivity index (χ0) is 16.4. The normalized spacial score (nSPS) is 10.9. The van der Waals surface area contributed by atoms with Gasteiger partial charge < -0.3 is 9.73 Å². The molecule has 23 heavy (non-hydrogen) atoms. The smallest absolute Gasteiger partial charge is 0.224 e.